The SMILES string of the molecule is CC(Oc1ccc(Oc2ccc(C(F)(F)F)cc2)cc1)C(=O)N1CCCO1. The molecule has 0 aliphatic carbocycles. The molecule has 1 fully saturated rings. The van der Waals surface area contributed by atoms with Gasteiger partial charge in [0.2, 0.25) is 0 Å². The molecule has 1 aliphatic heterocycles. The zero-order valence-corrected chi connectivity index (χ0v) is 14.5. The highest BCUT2D eigenvalue weighted by atomic mass is 19.4. The number of nitrogens with zero attached hydrogens (tertiary/aromatic N) is 1. The number of halogens is 3. The standard InChI is InChI=1S/C19H18F3NO4/c1-13(18(24)23-11-2-12-25-23)26-15-7-9-17(10-8-15)27-16-5-3-14(4-6-16)19(20,21)22/h3-10,13H,2,11-12H2,1H3. The van der Waals surface area contributed by atoms with Gasteiger partial charge in [-0.3, -0.25) is 9.63 Å². The van der Waals surface area contributed by atoms with Gasteiger partial charge in [-0.2, -0.15) is 13.2 Å². The van der Waals surface area contributed by atoms with Gasteiger partial charge < -0.3 is 9.47 Å². The molecule has 1 aliphatic rings. The van der Waals surface area contributed by atoms with Gasteiger partial charge in [0.1, 0.15) is 17.2 Å². The number of hydrogen-bond donors (Lipinski definition) is 0. The van der Waals surface area contributed by atoms with Crippen LogP contribution in [0.25, 0.3) is 0 Å². The van der Waals surface area contributed by atoms with E-state index in [0.29, 0.717) is 24.7 Å². The molecule has 0 spiro atoms. The number of hydroxylamine groups is 2. The Kier molecular flexibility index (Phi) is 5.55. The number of hydrogen-bond acceptors (Lipinski definition) is 4. The topological polar surface area (TPSA) is 48.0 Å². The van der Waals surface area contributed by atoms with Crippen molar-refractivity contribution in [3.8, 4) is 17.2 Å². The lowest BCUT2D eigenvalue weighted by atomic mass is 10.2. The first kappa shape index (κ1) is 19.0. The van der Waals surface area contributed by atoms with Crippen LogP contribution in [0.5, 0.6) is 17.2 Å². The number of carbonyl (C=O) groups is 1. The Bertz CT molecular complexity index is 769. The molecule has 1 heterocycles. The second-order valence-electron chi connectivity index (χ2n) is 5.98. The van der Waals surface area contributed by atoms with Crippen molar-refractivity contribution in [2.45, 2.75) is 25.6 Å². The van der Waals surface area contributed by atoms with Crippen molar-refractivity contribution in [3.05, 3.63) is 54.1 Å². The second-order valence-corrected chi connectivity index (χ2v) is 5.98. The molecular formula is C19H18F3NO4. The molecule has 0 N–H and O–H groups in total. The summed E-state index contributed by atoms with van der Waals surface area (Å²) in [6, 6.07) is 10.9. The van der Waals surface area contributed by atoms with E-state index in [2.05, 4.69) is 0 Å². The van der Waals surface area contributed by atoms with Crippen molar-refractivity contribution in [2.24, 2.45) is 0 Å². The molecule has 0 bridgehead atoms. The van der Waals surface area contributed by atoms with Crippen molar-refractivity contribution in [1.82, 2.24) is 5.06 Å². The van der Waals surface area contributed by atoms with Gasteiger partial charge in [0, 0.05) is 0 Å². The van der Waals surface area contributed by atoms with E-state index < -0.39 is 17.8 Å². The zero-order valence-electron chi connectivity index (χ0n) is 14.5. The van der Waals surface area contributed by atoms with E-state index in [1.807, 2.05) is 0 Å². The third kappa shape index (κ3) is 4.91. The predicted octanol–water partition coefficient (Wildman–Crippen LogP) is 4.43. The quantitative estimate of drug-likeness (QED) is 0.769. The molecule has 1 saturated heterocycles. The van der Waals surface area contributed by atoms with E-state index in [-0.39, 0.29) is 11.7 Å². The fourth-order valence-corrected chi connectivity index (χ4v) is 2.51. The van der Waals surface area contributed by atoms with E-state index in [1.54, 1.807) is 31.2 Å². The van der Waals surface area contributed by atoms with Crippen LogP contribution in [0.2, 0.25) is 0 Å². The highest BCUT2D eigenvalue weighted by Crippen LogP contribution is 2.31. The highest BCUT2D eigenvalue weighted by molar-refractivity contribution is 5.80. The fraction of sp³-hybridized carbons (Fsp3) is 0.316. The Hall–Kier alpha value is -2.74. The summed E-state index contributed by atoms with van der Waals surface area (Å²) >= 11 is 0. The van der Waals surface area contributed by atoms with E-state index in [1.165, 1.54) is 17.2 Å². The van der Waals surface area contributed by atoms with Crippen LogP contribution >= 0.6 is 0 Å². The fourth-order valence-electron chi connectivity index (χ4n) is 2.51. The summed E-state index contributed by atoms with van der Waals surface area (Å²) in [6.45, 7) is 2.71. The Morgan fingerprint density at radius 2 is 1.59 bits per heavy atom. The largest absolute Gasteiger partial charge is 0.481 e. The summed E-state index contributed by atoms with van der Waals surface area (Å²) < 4.78 is 48.8. The van der Waals surface area contributed by atoms with Crippen molar-refractivity contribution in [3.63, 3.8) is 0 Å². The third-order valence-electron chi connectivity index (χ3n) is 3.90. The van der Waals surface area contributed by atoms with Gasteiger partial charge in [-0.25, -0.2) is 5.06 Å². The van der Waals surface area contributed by atoms with Crippen molar-refractivity contribution < 1.29 is 32.3 Å². The van der Waals surface area contributed by atoms with Crippen molar-refractivity contribution >= 4 is 5.91 Å². The van der Waals surface area contributed by atoms with E-state index in [9.17, 15) is 18.0 Å². The first-order valence-corrected chi connectivity index (χ1v) is 8.39. The van der Waals surface area contributed by atoms with Crippen LogP contribution in [0.1, 0.15) is 18.9 Å². The summed E-state index contributed by atoms with van der Waals surface area (Å²) in [4.78, 5) is 17.3. The summed E-state index contributed by atoms with van der Waals surface area (Å²) in [7, 11) is 0. The number of ether oxygens (including phenoxy) is 2. The average molecular weight is 381 g/mol. The molecule has 5 nitrogen and oxygen atoms in total. The average Bonchev–Trinajstić information content (AvgIpc) is 3.17. The Balaban J connectivity index is 1.57. The lowest BCUT2D eigenvalue weighted by Gasteiger charge is -2.20. The molecule has 8 heteroatoms. The first-order valence-electron chi connectivity index (χ1n) is 8.39. The van der Waals surface area contributed by atoms with Crippen LogP contribution in [0.15, 0.2) is 48.5 Å². The Morgan fingerprint density at radius 3 is 2.11 bits per heavy atom. The van der Waals surface area contributed by atoms with Crippen LogP contribution in [0, 0.1) is 0 Å². The Morgan fingerprint density at radius 1 is 1.04 bits per heavy atom. The maximum atomic E-state index is 12.6. The van der Waals surface area contributed by atoms with Crippen molar-refractivity contribution in [1.29, 1.82) is 0 Å². The van der Waals surface area contributed by atoms with Gasteiger partial charge in [0.05, 0.1) is 18.7 Å². The molecule has 0 aromatic heterocycles. The van der Waals surface area contributed by atoms with Gasteiger partial charge in [0.25, 0.3) is 5.91 Å². The zero-order chi connectivity index (χ0) is 19.4. The molecule has 2 aromatic carbocycles. The van der Waals surface area contributed by atoms with Gasteiger partial charge in [-0.1, -0.05) is 0 Å². The number of amides is 1. The second kappa shape index (κ2) is 7.87. The van der Waals surface area contributed by atoms with E-state index >= 15 is 0 Å². The first-order chi connectivity index (χ1) is 12.8. The van der Waals surface area contributed by atoms with Gasteiger partial charge in [-0.15, -0.1) is 0 Å². The van der Waals surface area contributed by atoms with E-state index in [4.69, 9.17) is 14.3 Å². The van der Waals surface area contributed by atoms with Gasteiger partial charge >= 0.3 is 6.18 Å². The molecule has 0 saturated carbocycles. The number of rotatable bonds is 5. The molecule has 1 amide bonds. The third-order valence-corrected chi connectivity index (χ3v) is 3.90. The minimum Gasteiger partial charge on any atom is -0.481 e. The van der Waals surface area contributed by atoms with Crippen LogP contribution < -0.4 is 9.47 Å². The smallest absolute Gasteiger partial charge is 0.416 e. The maximum absolute atomic E-state index is 12.6. The van der Waals surface area contributed by atoms with Crippen molar-refractivity contribution in [2.75, 3.05) is 13.2 Å². The number of alkyl halides is 3. The summed E-state index contributed by atoms with van der Waals surface area (Å²) in [5, 5.41) is 1.30. The molecular weight excluding hydrogens is 363 g/mol. The van der Waals surface area contributed by atoms with Gasteiger partial charge in [0.15, 0.2) is 6.10 Å². The van der Waals surface area contributed by atoms with E-state index in [0.717, 1.165) is 18.6 Å². The molecule has 3 rings (SSSR count). The molecule has 1 unspecified atom stereocenters. The predicted molar refractivity (Wildman–Crippen MR) is 90.3 cm³/mol. The molecule has 0 radical (unpaired) electrons. The molecule has 2 aromatic rings. The van der Waals surface area contributed by atoms with Gasteiger partial charge in [-0.05, 0) is 61.9 Å². The molecule has 27 heavy (non-hydrogen) atoms. The Labute approximate surface area is 154 Å². The lowest BCUT2D eigenvalue weighted by Crippen LogP contribution is -2.37. The molecule has 144 valence electrons. The van der Waals surface area contributed by atoms with Crippen LogP contribution in [0.3, 0.4) is 0 Å². The maximum Gasteiger partial charge on any atom is 0.416 e. The summed E-state index contributed by atoms with van der Waals surface area (Å²) in [5.74, 6) is 0.933. The van der Waals surface area contributed by atoms with Crippen LogP contribution in [-0.4, -0.2) is 30.2 Å². The lowest BCUT2D eigenvalue weighted by molar-refractivity contribution is -0.175. The molecule has 1 atom stereocenters. The monoisotopic (exact) mass is 381 g/mol. The van der Waals surface area contributed by atoms with Crippen LogP contribution in [-0.2, 0) is 15.8 Å². The highest BCUT2D eigenvalue weighted by Gasteiger charge is 2.30. The van der Waals surface area contributed by atoms with Crippen LogP contribution in [0.4, 0.5) is 13.2 Å². The minimum absolute atomic E-state index is 0.252. The normalized spacial score (nSPS) is 15.5. The summed E-state index contributed by atoms with van der Waals surface area (Å²) in [6.07, 6.45) is -4.29. The minimum atomic E-state index is -4.38. The number of benzene rings is 2. The number of carbonyl (C=O) groups excluding carboxylic acids is 1. The summed E-state index contributed by atoms with van der Waals surface area (Å²) in [5.41, 5.74) is -0.737.